The van der Waals surface area contributed by atoms with Crippen LogP contribution in [0.3, 0.4) is 0 Å². The van der Waals surface area contributed by atoms with Crippen LogP contribution in [0.2, 0.25) is 0 Å². The molecule has 0 unspecified atom stereocenters. The first-order valence-electron chi connectivity index (χ1n) is 12.0. The predicted molar refractivity (Wildman–Crippen MR) is 133 cm³/mol. The minimum atomic E-state index is -1.02. The Morgan fingerprint density at radius 1 is 0.771 bits per heavy atom. The first-order valence-corrected chi connectivity index (χ1v) is 12.0. The minimum Gasteiger partial charge on any atom is -0.477 e. The lowest BCUT2D eigenvalue weighted by atomic mass is 10.2. The lowest BCUT2D eigenvalue weighted by molar-refractivity contribution is 0.0679. The fourth-order valence-corrected chi connectivity index (χ4v) is 4.17. The van der Waals surface area contributed by atoms with Gasteiger partial charge in [-0.3, -0.25) is 9.80 Å². The molecule has 1 fully saturated rings. The van der Waals surface area contributed by atoms with Crippen LogP contribution >= 0.6 is 0 Å². The van der Waals surface area contributed by atoms with E-state index in [0.717, 1.165) is 70.2 Å². The average Bonchev–Trinajstić information content (AvgIpc) is 2.91. The van der Waals surface area contributed by atoms with Gasteiger partial charge in [0.2, 0.25) is 0 Å². The summed E-state index contributed by atoms with van der Waals surface area (Å²) in [5.74, 6) is -2.05. The highest BCUT2D eigenvalue weighted by atomic mass is 16.4. The molecule has 1 saturated heterocycles. The van der Waals surface area contributed by atoms with Crippen LogP contribution in [0.4, 0.5) is 0 Å². The number of aromatic carboxylic acids is 2. The van der Waals surface area contributed by atoms with Gasteiger partial charge in [0.15, 0.2) is 0 Å². The molecule has 190 valence electrons. The maximum atomic E-state index is 11.3. The molecule has 2 N–H and O–H groups in total. The summed E-state index contributed by atoms with van der Waals surface area (Å²) < 4.78 is 0. The minimum absolute atomic E-state index is 0.0584. The molecule has 2 aromatic heterocycles. The second-order valence-corrected chi connectivity index (χ2v) is 9.19. The van der Waals surface area contributed by atoms with Crippen molar-refractivity contribution >= 4 is 11.9 Å². The molecule has 10 nitrogen and oxygen atoms in total. The zero-order valence-corrected chi connectivity index (χ0v) is 20.6. The Hall–Kier alpha value is -2.92. The molecule has 0 saturated carbocycles. The Labute approximate surface area is 206 Å². The fourth-order valence-electron chi connectivity index (χ4n) is 4.17. The van der Waals surface area contributed by atoms with E-state index in [1.807, 2.05) is 12.1 Å². The molecule has 0 aliphatic carbocycles. The molecule has 0 amide bonds. The van der Waals surface area contributed by atoms with Gasteiger partial charge in [0.1, 0.15) is 11.4 Å². The summed E-state index contributed by atoms with van der Waals surface area (Å²) >= 11 is 0. The molecule has 0 radical (unpaired) electrons. The number of rotatable bonds is 10. The van der Waals surface area contributed by atoms with E-state index in [-0.39, 0.29) is 11.4 Å². The molecule has 0 aromatic carbocycles. The Morgan fingerprint density at radius 3 is 1.60 bits per heavy atom. The number of hydrogen-bond acceptors (Lipinski definition) is 8. The van der Waals surface area contributed by atoms with Crippen LogP contribution in [0.5, 0.6) is 0 Å². The van der Waals surface area contributed by atoms with Gasteiger partial charge in [0.05, 0.1) is 11.4 Å². The molecule has 10 heteroatoms. The van der Waals surface area contributed by atoms with Crippen molar-refractivity contribution in [2.24, 2.45) is 0 Å². The van der Waals surface area contributed by atoms with Gasteiger partial charge < -0.3 is 20.0 Å². The highest BCUT2D eigenvalue weighted by Crippen LogP contribution is 2.10. The molecule has 0 atom stereocenters. The molecule has 2 aromatic rings. The van der Waals surface area contributed by atoms with Crippen molar-refractivity contribution in [3.63, 3.8) is 0 Å². The van der Waals surface area contributed by atoms with Crippen LogP contribution in [0.15, 0.2) is 36.4 Å². The van der Waals surface area contributed by atoms with Gasteiger partial charge in [-0.25, -0.2) is 19.6 Å². The van der Waals surface area contributed by atoms with Crippen molar-refractivity contribution in [2.75, 3.05) is 66.5 Å². The van der Waals surface area contributed by atoms with E-state index < -0.39 is 11.9 Å². The number of carbonyl (C=O) groups is 2. The Balaban J connectivity index is 1.71. The van der Waals surface area contributed by atoms with Crippen molar-refractivity contribution in [3.05, 3.63) is 59.2 Å². The number of aromatic nitrogens is 2. The molecule has 0 spiro atoms. The number of carboxylic acids is 2. The molecular formula is C25H36N6O4. The van der Waals surface area contributed by atoms with Gasteiger partial charge in [-0.2, -0.15) is 0 Å². The molecule has 0 bridgehead atoms. The fraction of sp³-hybridized carbons (Fsp3) is 0.520. The van der Waals surface area contributed by atoms with Gasteiger partial charge in [-0.1, -0.05) is 12.1 Å². The monoisotopic (exact) mass is 484 g/mol. The van der Waals surface area contributed by atoms with E-state index in [1.165, 1.54) is 12.1 Å². The molecular weight excluding hydrogens is 448 g/mol. The summed E-state index contributed by atoms with van der Waals surface area (Å²) in [4.78, 5) is 40.6. The van der Waals surface area contributed by atoms with Crippen molar-refractivity contribution < 1.29 is 19.8 Å². The third kappa shape index (κ3) is 8.99. The van der Waals surface area contributed by atoms with E-state index in [0.29, 0.717) is 13.1 Å². The summed E-state index contributed by atoms with van der Waals surface area (Å²) in [6, 6.07) is 10.2. The van der Waals surface area contributed by atoms with E-state index in [9.17, 15) is 19.8 Å². The maximum Gasteiger partial charge on any atom is 0.354 e. The Bertz CT molecular complexity index is 914. The first-order chi connectivity index (χ1) is 16.8. The van der Waals surface area contributed by atoms with Crippen molar-refractivity contribution in [1.29, 1.82) is 0 Å². The maximum absolute atomic E-state index is 11.3. The molecule has 1 aliphatic heterocycles. The van der Waals surface area contributed by atoms with Gasteiger partial charge in [-0.05, 0) is 57.9 Å². The second kappa shape index (κ2) is 13.2. The van der Waals surface area contributed by atoms with Crippen LogP contribution in [0, 0.1) is 0 Å². The summed E-state index contributed by atoms with van der Waals surface area (Å²) in [6.45, 7) is 8.34. The lowest BCUT2D eigenvalue weighted by Crippen LogP contribution is -2.37. The Morgan fingerprint density at radius 2 is 1.20 bits per heavy atom. The third-order valence-corrected chi connectivity index (χ3v) is 6.10. The SMILES string of the molecule is CN(C)CCCN1CCN(Cc2cccc(C(=O)O)n2)CCN(Cc2cccc(C(=O)O)n2)CC1. The van der Waals surface area contributed by atoms with Crippen molar-refractivity contribution in [1.82, 2.24) is 29.6 Å². The van der Waals surface area contributed by atoms with Crippen LogP contribution in [0.25, 0.3) is 0 Å². The lowest BCUT2D eigenvalue weighted by Gasteiger charge is -2.26. The number of carboxylic acid groups (broad SMARTS) is 2. The summed E-state index contributed by atoms with van der Waals surface area (Å²) in [6.07, 6.45) is 1.08. The van der Waals surface area contributed by atoms with Crippen LogP contribution in [0.1, 0.15) is 38.8 Å². The zero-order valence-electron chi connectivity index (χ0n) is 20.6. The zero-order chi connectivity index (χ0) is 25.2. The van der Waals surface area contributed by atoms with Crippen molar-refractivity contribution in [2.45, 2.75) is 19.5 Å². The second-order valence-electron chi connectivity index (χ2n) is 9.19. The third-order valence-electron chi connectivity index (χ3n) is 6.10. The number of hydrogen-bond donors (Lipinski definition) is 2. The summed E-state index contributed by atoms with van der Waals surface area (Å²) in [5, 5.41) is 18.6. The highest BCUT2D eigenvalue weighted by Gasteiger charge is 2.18. The van der Waals surface area contributed by atoms with Gasteiger partial charge in [0.25, 0.3) is 0 Å². The topological polar surface area (TPSA) is 113 Å². The standard InChI is InChI=1S/C25H36N6O4/c1-28(2)10-5-11-29-12-14-30(18-20-6-3-8-22(26-20)24(32)33)16-17-31(15-13-29)19-21-7-4-9-23(27-21)25(34)35/h3-4,6-9H,5,10-19H2,1-2H3,(H,32,33)(H,34,35). The number of nitrogens with zero attached hydrogens (tertiary/aromatic N) is 6. The van der Waals surface area contributed by atoms with Crippen molar-refractivity contribution in [3.8, 4) is 0 Å². The van der Waals surface area contributed by atoms with E-state index in [2.05, 4.69) is 43.7 Å². The average molecular weight is 485 g/mol. The van der Waals surface area contributed by atoms with Gasteiger partial charge in [-0.15, -0.1) is 0 Å². The first kappa shape index (κ1) is 26.7. The molecule has 3 heterocycles. The highest BCUT2D eigenvalue weighted by molar-refractivity contribution is 5.85. The summed E-state index contributed by atoms with van der Waals surface area (Å²) in [7, 11) is 4.16. The Kier molecular flexibility index (Phi) is 10.1. The van der Waals surface area contributed by atoms with Crippen LogP contribution < -0.4 is 0 Å². The summed E-state index contributed by atoms with van der Waals surface area (Å²) in [5.41, 5.74) is 1.60. The van der Waals surface area contributed by atoms with E-state index in [4.69, 9.17) is 0 Å². The smallest absolute Gasteiger partial charge is 0.354 e. The molecule has 35 heavy (non-hydrogen) atoms. The number of pyridine rings is 2. The van der Waals surface area contributed by atoms with Crippen LogP contribution in [-0.2, 0) is 13.1 Å². The van der Waals surface area contributed by atoms with E-state index in [1.54, 1.807) is 12.1 Å². The quantitative estimate of drug-likeness (QED) is 0.514. The molecule has 3 rings (SSSR count). The predicted octanol–water partition coefficient (Wildman–Crippen LogP) is 1.44. The largest absolute Gasteiger partial charge is 0.477 e. The molecule has 1 aliphatic rings. The van der Waals surface area contributed by atoms with E-state index >= 15 is 0 Å². The van der Waals surface area contributed by atoms with Crippen LogP contribution in [-0.4, -0.2) is 118 Å². The van der Waals surface area contributed by atoms with Gasteiger partial charge in [0, 0.05) is 52.4 Å². The van der Waals surface area contributed by atoms with Gasteiger partial charge >= 0.3 is 11.9 Å². The normalized spacial score (nSPS) is 16.5.